The van der Waals surface area contributed by atoms with E-state index in [4.69, 9.17) is 11.6 Å². The summed E-state index contributed by atoms with van der Waals surface area (Å²) in [6, 6.07) is 3.98. The summed E-state index contributed by atoms with van der Waals surface area (Å²) >= 11 is 5.68. The zero-order valence-electron chi connectivity index (χ0n) is 9.23. The van der Waals surface area contributed by atoms with Crippen molar-refractivity contribution < 1.29 is 0 Å². The molecule has 16 heavy (non-hydrogen) atoms. The highest BCUT2D eigenvalue weighted by atomic mass is 35.5. The smallest absolute Gasteiger partial charge is 0.151 e. The lowest BCUT2D eigenvalue weighted by atomic mass is 10.2. The van der Waals surface area contributed by atoms with Crippen molar-refractivity contribution in [2.75, 3.05) is 18.0 Å². The van der Waals surface area contributed by atoms with Gasteiger partial charge in [0, 0.05) is 13.1 Å². The van der Waals surface area contributed by atoms with Gasteiger partial charge in [-0.2, -0.15) is 5.10 Å². The van der Waals surface area contributed by atoms with E-state index >= 15 is 0 Å². The molecule has 1 aromatic heterocycles. The largest absolute Gasteiger partial charge is 0.355 e. The van der Waals surface area contributed by atoms with Crippen molar-refractivity contribution in [1.29, 1.82) is 0 Å². The van der Waals surface area contributed by atoms with Crippen LogP contribution in [0, 0.1) is 0 Å². The van der Waals surface area contributed by atoms with E-state index in [0.717, 1.165) is 24.6 Å². The summed E-state index contributed by atoms with van der Waals surface area (Å²) in [7, 11) is 0. The van der Waals surface area contributed by atoms with Crippen molar-refractivity contribution in [2.45, 2.75) is 31.6 Å². The molecule has 1 saturated heterocycles. The van der Waals surface area contributed by atoms with Gasteiger partial charge in [-0.05, 0) is 25.0 Å². The van der Waals surface area contributed by atoms with Crippen LogP contribution >= 0.6 is 24.0 Å². The van der Waals surface area contributed by atoms with Crippen LogP contribution in [0.2, 0.25) is 0 Å². The van der Waals surface area contributed by atoms with Crippen LogP contribution in [0.15, 0.2) is 12.1 Å². The Bertz CT molecular complexity index is 295. The molecule has 0 N–H and O–H groups in total. The number of anilines is 1. The maximum absolute atomic E-state index is 5.68. The number of hydrogen-bond donors (Lipinski definition) is 0. The van der Waals surface area contributed by atoms with Crippen molar-refractivity contribution in [3.05, 3.63) is 17.8 Å². The van der Waals surface area contributed by atoms with Crippen molar-refractivity contribution >= 4 is 29.8 Å². The molecule has 0 bridgehead atoms. The lowest BCUT2D eigenvalue weighted by molar-refractivity contribution is 0.726. The summed E-state index contributed by atoms with van der Waals surface area (Å²) < 4.78 is 0. The average Bonchev–Trinajstić information content (AvgIpc) is 2.58. The van der Waals surface area contributed by atoms with Gasteiger partial charge in [0.2, 0.25) is 0 Å². The Balaban J connectivity index is 0.00000128. The quantitative estimate of drug-likeness (QED) is 0.767. The van der Waals surface area contributed by atoms with Crippen molar-refractivity contribution in [3.8, 4) is 0 Å². The fourth-order valence-corrected chi connectivity index (χ4v) is 2.04. The molecule has 0 saturated carbocycles. The minimum atomic E-state index is 0. The molecule has 0 amide bonds. The first-order valence-corrected chi connectivity index (χ1v) is 6.07. The number of alkyl halides is 1. The summed E-state index contributed by atoms with van der Waals surface area (Å²) in [5.74, 6) is 1.43. The van der Waals surface area contributed by atoms with E-state index in [0.29, 0.717) is 5.88 Å². The minimum Gasteiger partial charge on any atom is -0.355 e. The van der Waals surface area contributed by atoms with Gasteiger partial charge in [-0.15, -0.1) is 29.1 Å². The van der Waals surface area contributed by atoms with Crippen LogP contribution in [0.4, 0.5) is 5.82 Å². The van der Waals surface area contributed by atoms with Crippen LogP contribution in [0.1, 0.15) is 31.4 Å². The lowest BCUT2D eigenvalue weighted by Crippen LogP contribution is -2.25. The molecule has 1 aromatic rings. The molecule has 0 spiro atoms. The van der Waals surface area contributed by atoms with Gasteiger partial charge in [0.1, 0.15) is 0 Å². The van der Waals surface area contributed by atoms with Crippen molar-refractivity contribution in [2.24, 2.45) is 0 Å². The first-order chi connectivity index (χ1) is 7.40. The monoisotopic (exact) mass is 261 g/mol. The molecular weight excluding hydrogens is 245 g/mol. The maximum atomic E-state index is 5.68. The molecule has 0 aromatic carbocycles. The second kappa shape index (κ2) is 6.92. The highest BCUT2D eigenvalue weighted by Gasteiger charge is 2.10. The molecule has 5 heteroatoms. The fourth-order valence-electron chi connectivity index (χ4n) is 1.89. The Labute approximate surface area is 108 Å². The predicted octanol–water partition coefficient (Wildman–Crippen LogP) is 3.02. The van der Waals surface area contributed by atoms with Crippen LogP contribution < -0.4 is 4.90 Å². The number of aromatic nitrogens is 2. The summed E-state index contributed by atoms with van der Waals surface area (Å²) in [6.45, 7) is 2.21. The third-order valence-corrected chi connectivity index (χ3v) is 3.05. The molecule has 2 rings (SSSR count). The van der Waals surface area contributed by atoms with E-state index in [-0.39, 0.29) is 12.4 Å². The highest BCUT2D eigenvalue weighted by Crippen LogP contribution is 2.16. The summed E-state index contributed by atoms with van der Waals surface area (Å²) in [5, 5.41) is 8.29. The predicted molar refractivity (Wildman–Crippen MR) is 69.5 cm³/mol. The van der Waals surface area contributed by atoms with Crippen LogP contribution in [0.25, 0.3) is 0 Å². The zero-order valence-corrected chi connectivity index (χ0v) is 10.8. The van der Waals surface area contributed by atoms with Crippen LogP contribution in [-0.4, -0.2) is 23.3 Å². The number of rotatable bonds is 2. The molecular formula is C11H17Cl2N3. The Morgan fingerprint density at radius 3 is 2.25 bits per heavy atom. The normalized spacial score (nSPS) is 16.4. The average molecular weight is 262 g/mol. The zero-order chi connectivity index (χ0) is 10.5. The standard InChI is InChI=1S/C11H16ClN3.ClH/c12-9-10-5-6-11(14-13-10)15-7-3-1-2-4-8-15;/h5-6H,1-4,7-9H2;1H. The molecule has 0 aliphatic carbocycles. The lowest BCUT2D eigenvalue weighted by Gasteiger charge is -2.20. The molecule has 3 nitrogen and oxygen atoms in total. The molecule has 1 aliphatic heterocycles. The summed E-state index contributed by atoms with van der Waals surface area (Å²) in [6.07, 6.45) is 5.20. The maximum Gasteiger partial charge on any atom is 0.151 e. The minimum absolute atomic E-state index is 0. The SMILES string of the molecule is Cl.ClCc1ccc(N2CCCCCC2)nn1. The van der Waals surface area contributed by atoms with E-state index < -0.39 is 0 Å². The van der Waals surface area contributed by atoms with Gasteiger partial charge >= 0.3 is 0 Å². The Kier molecular flexibility index (Phi) is 5.85. The van der Waals surface area contributed by atoms with Gasteiger partial charge in [0.05, 0.1) is 11.6 Å². The molecule has 90 valence electrons. The van der Waals surface area contributed by atoms with Gasteiger partial charge in [-0.1, -0.05) is 12.8 Å². The van der Waals surface area contributed by atoms with Crippen molar-refractivity contribution in [1.82, 2.24) is 10.2 Å². The molecule has 0 unspecified atom stereocenters. The molecule has 1 fully saturated rings. The van der Waals surface area contributed by atoms with Gasteiger partial charge in [0.15, 0.2) is 5.82 Å². The third-order valence-electron chi connectivity index (χ3n) is 2.77. The van der Waals surface area contributed by atoms with E-state index in [9.17, 15) is 0 Å². The molecule has 0 radical (unpaired) electrons. The Morgan fingerprint density at radius 1 is 1.06 bits per heavy atom. The van der Waals surface area contributed by atoms with E-state index in [1.54, 1.807) is 0 Å². The van der Waals surface area contributed by atoms with Gasteiger partial charge in [-0.3, -0.25) is 0 Å². The highest BCUT2D eigenvalue weighted by molar-refractivity contribution is 6.16. The Morgan fingerprint density at radius 2 is 1.75 bits per heavy atom. The second-order valence-corrected chi connectivity index (χ2v) is 4.19. The van der Waals surface area contributed by atoms with E-state index in [2.05, 4.69) is 15.1 Å². The van der Waals surface area contributed by atoms with Crippen LogP contribution in [-0.2, 0) is 5.88 Å². The van der Waals surface area contributed by atoms with Gasteiger partial charge < -0.3 is 4.90 Å². The molecule has 0 atom stereocenters. The van der Waals surface area contributed by atoms with Gasteiger partial charge in [-0.25, -0.2) is 0 Å². The summed E-state index contributed by atoms with van der Waals surface area (Å²) in [4.78, 5) is 2.32. The van der Waals surface area contributed by atoms with Gasteiger partial charge in [0.25, 0.3) is 0 Å². The number of hydrogen-bond acceptors (Lipinski definition) is 3. The fraction of sp³-hybridized carbons (Fsp3) is 0.636. The first kappa shape index (κ1) is 13.5. The van der Waals surface area contributed by atoms with E-state index in [1.165, 1.54) is 25.7 Å². The van der Waals surface area contributed by atoms with Crippen molar-refractivity contribution in [3.63, 3.8) is 0 Å². The van der Waals surface area contributed by atoms with E-state index in [1.807, 2.05) is 12.1 Å². The second-order valence-electron chi connectivity index (χ2n) is 3.92. The molecule has 2 heterocycles. The number of halogens is 2. The summed E-state index contributed by atoms with van der Waals surface area (Å²) in [5.41, 5.74) is 0.843. The molecule has 1 aliphatic rings. The topological polar surface area (TPSA) is 29.0 Å². The van der Waals surface area contributed by atoms with Crippen LogP contribution in [0.5, 0.6) is 0 Å². The number of nitrogens with zero attached hydrogens (tertiary/aromatic N) is 3. The third kappa shape index (κ3) is 3.49. The first-order valence-electron chi connectivity index (χ1n) is 5.53. The van der Waals surface area contributed by atoms with Crippen LogP contribution in [0.3, 0.4) is 0 Å². The Hall–Kier alpha value is -0.540.